The van der Waals surface area contributed by atoms with Crippen molar-refractivity contribution in [2.24, 2.45) is 11.3 Å². The van der Waals surface area contributed by atoms with Gasteiger partial charge in [-0.15, -0.1) is 0 Å². The van der Waals surface area contributed by atoms with Crippen molar-refractivity contribution in [3.8, 4) is 0 Å². The Morgan fingerprint density at radius 2 is 1.59 bits per heavy atom. The minimum absolute atomic E-state index is 0.0472. The third-order valence-corrected chi connectivity index (χ3v) is 5.88. The highest BCUT2D eigenvalue weighted by atomic mass is 16.5. The van der Waals surface area contributed by atoms with Gasteiger partial charge in [-0.2, -0.15) is 0 Å². The number of rotatable bonds is 2. The second-order valence-corrected chi connectivity index (χ2v) is 6.54. The lowest BCUT2D eigenvalue weighted by molar-refractivity contribution is -0.142. The average Bonchev–Trinajstić information content (AvgIpc) is 2.83. The minimum Gasteiger partial charge on any atom is -0.464 e. The summed E-state index contributed by atoms with van der Waals surface area (Å²) in [5.74, 6) is 0.480. The van der Waals surface area contributed by atoms with E-state index in [1.165, 1.54) is 5.56 Å². The van der Waals surface area contributed by atoms with Gasteiger partial charge in [-0.25, -0.2) is 0 Å². The second kappa shape index (κ2) is 3.89. The largest absolute Gasteiger partial charge is 0.464 e. The zero-order chi connectivity index (χ0) is 14.8. The van der Waals surface area contributed by atoms with Crippen LogP contribution in [0.3, 0.4) is 0 Å². The van der Waals surface area contributed by atoms with Gasteiger partial charge in [0.1, 0.15) is 5.41 Å². The molecule has 0 unspecified atom stereocenters. The molecule has 108 valence electrons. The Morgan fingerprint density at radius 1 is 0.909 bits per heavy atom. The molecule has 2 fully saturated rings. The van der Waals surface area contributed by atoms with E-state index in [2.05, 4.69) is 48.6 Å². The van der Waals surface area contributed by atoms with Crippen molar-refractivity contribution in [3.05, 3.63) is 83.9 Å². The SMILES string of the molecule is O=C1OC[C@]23[C@@H](c4ccccc4)C=C[C@H]2[C@]13c1ccccc1. The fraction of sp³-hybridized carbons (Fsp3) is 0.250. The summed E-state index contributed by atoms with van der Waals surface area (Å²) in [5, 5.41) is 0. The van der Waals surface area contributed by atoms with Crippen LogP contribution in [0.1, 0.15) is 17.0 Å². The Kier molecular flexibility index (Phi) is 2.16. The lowest BCUT2D eigenvalue weighted by Crippen LogP contribution is -2.26. The van der Waals surface area contributed by atoms with Crippen LogP contribution in [0.5, 0.6) is 0 Å². The highest BCUT2D eigenvalue weighted by Gasteiger charge is 2.88. The maximum atomic E-state index is 12.7. The van der Waals surface area contributed by atoms with E-state index in [0.29, 0.717) is 6.61 Å². The monoisotopic (exact) mass is 288 g/mol. The summed E-state index contributed by atoms with van der Waals surface area (Å²) in [6.45, 7) is 0.526. The van der Waals surface area contributed by atoms with Crippen molar-refractivity contribution in [2.75, 3.05) is 6.61 Å². The van der Waals surface area contributed by atoms with Crippen LogP contribution >= 0.6 is 0 Å². The van der Waals surface area contributed by atoms with Crippen LogP contribution in [-0.2, 0) is 14.9 Å². The molecule has 0 bridgehead atoms. The number of hydrogen-bond donors (Lipinski definition) is 0. The first-order valence-electron chi connectivity index (χ1n) is 7.78. The van der Waals surface area contributed by atoms with Crippen LogP contribution in [0.15, 0.2) is 72.8 Å². The van der Waals surface area contributed by atoms with Gasteiger partial charge < -0.3 is 4.74 Å². The number of hydrogen-bond acceptors (Lipinski definition) is 2. The molecule has 1 aliphatic heterocycles. The summed E-state index contributed by atoms with van der Waals surface area (Å²) in [6, 6.07) is 20.6. The Hall–Kier alpha value is -2.35. The van der Waals surface area contributed by atoms with Crippen LogP contribution in [0.2, 0.25) is 0 Å². The van der Waals surface area contributed by atoms with Crippen LogP contribution < -0.4 is 0 Å². The molecule has 0 radical (unpaired) electrons. The van der Waals surface area contributed by atoms with Gasteiger partial charge in [0.05, 0.1) is 6.61 Å². The average molecular weight is 288 g/mol. The smallest absolute Gasteiger partial charge is 0.317 e. The van der Waals surface area contributed by atoms with Gasteiger partial charge in [0.15, 0.2) is 0 Å². The summed E-state index contributed by atoms with van der Waals surface area (Å²) in [6.07, 6.45) is 4.51. The lowest BCUT2D eigenvalue weighted by atomic mass is 9.77. The highest BCUT2D eigenvalue weighted by Crippen LogP contribution is 2.81. The van der Waals surface area contributed by atoms with Gasteiger partial charge in [-0.1, -0.05) is 72.8 Å². The molecule has 2 heteroatoms. The summed E-state index contributed by atoms with van der Waals surface area (Å²) in [4.78, 5) is 12.7. The van der Waals surface area contributed by atoms with Crippen molar-refractivity contribution in [1.82, 2.24) is 0 Å². The van der Waals surface area contributed by atoms with E-state index in [0.717, 1.165) is 5.56 Å². The molecule has 1 saturated heterocycles. The number of fused-ring (bicyclic) bond motifs is 1. The quantitative estimate of drug-likeness (QED) is 0.625. The molecule has 0 aromatic heterocycles. The molecule has 2 aromatic rings. The normalized spacial score (nSPS) is 37.5. The van der Waals surface area contributed by atoms with Crippen molar-refractivity contribution in [3.63, 3.8) is 0 Å². The van der Waals surface area contributed by atoms with E-state index in [-0.39, 0.29) is 23.2 Å². The zero-order valence-electron chi connectivity index (χ0n) is 12.1. The molecular weight excluding hydrogens is 272 g/mol. The number of cyclic esters (lactones) is 1. The van der Waals surface area contributed by atoms with Gasteiger partial charge in [0.25, 0.3) is 0 Å². The predicted octanol–water partition coefficient (Wildman–Crippen LogP) is 3.45. The standard InChI is InChI=1S/C20H16O2/c21-18-20(15-9-5-2-6-10-15)17-12-11-16(19(17,20)13-22-18)14-7-3-1-4-8-14/h1-12,16-17H,13H2/t16-,17-,19+,20-/m1/s1. The topological polar surface area (TPSA) is 26.3 Å². The number of benzene rings is 2. The van der Waals surface area contributed by atoms with Crippen molar-refractivity contribution < 1.29 is 9.53 Å². The summed E-state index contributed by atoms with van der Waals surface area (Å²) < 4.78 is 5.55. The molecule has 3 aliphatic rings. The molecule has 1 heterocycles. The fourth-order valence-corrected chi connectivity index (χ4v) is 4.98. The number of esters is 1. The molecule has 2 aliphatic carbocycles. The molecule has 0 N–H and O–H groups in total. The Bertz CT molecular complexity index is 780. The second-order valence-electron chi connectivity index (χ2n) is 6.54. The molecule has 0 amide bonds. The number of carbonyl (C=O) groups excluding carboxylic acids is 1. The van der Waals surface area contributed by atoms with Crippen LogP contribution in [0, 0.1) is 11.3 Å². The third-order valence-electron chi connectivity index (χ3n) is 5.88. The molecule has 2 aromatic carbocycles. The zero-order valence-corrected chi connectivity index (χ0v) is 12.1. The first-order valence-corrected chi connectivity index (χ1v) is 7.78. The molecule has 2 nitrogen and oxygen atoms in total. The molecule has 22 heavy (non-hydrogen) atoms. The van der Waals surface area contributed by atoms with Crippen LogP contribution in [-0.4, -0.2) is 12.6 Å². The first kappa shape index (κ1) is 12.2. The van der Waals surface area contributed by atoms with Crippen molar-refractivity contribution >= 4 is 5.97 Å². The van der Waals surface area contributed by atoms with Gasteiger partial charge in [0, 0.05) is 17.3 Å². The van der Waals surface area contributed by atoms with Gasteiger partial charge in [0.2, 0.25) is 0 Å². The Labute approximate surface area is 129 Å². The van der Waals surface area contributed by atoms with E-state index in [1.807, 2.05) is 24.3 Å². The summed E-state index contributed by atoms with van der Waals surface area (Å²) in [5.41, 5.74) is 1.79. The Morgan fingerprint density at radius 3 is 2.32 bits per heavy atom. The van der Waals surface area contributed by atoms with Gasteiger partial charge in [-0.05, 0) is 11.1 Å². The van der Waals surface area contributed by atoms with E-state index in [9.17, 15) is 4.79 Å². The van der Waals surface area contributed by atoms with Crippen LogP contribution in [0.4, 0.5) is 0 Å². The first-order chi connectivity index (χ1) is 10.8. The van der Waals surface area contributed by atoms with E-state index >= 15 is 0 Å². The van der Waals surface area contributed by atoms with E-state index in [4.69, 9.17) is 4.74 Å². The number of carbonyl (C=O) groups is 1. The van der Waals surface area contributed by atoms with Crippen molar-refractivity contribution in [1.29, 1.82) is 0 Å². The van der Waals surface area contributed by atoms with Gasteiger partial charge in [-0.3, -0.25) is 4.79 Å². The molecule has 5 rings (SSSR count). The summed E-state index contributed by atoms with van der Waals surface area (Å²) in [7, 11) is 0. The fourth-order valence-electron chi connectivity index (χ4n) is 4.98. The molecule has 1 spiro atoms. The van der Waals surface area contributed by atoms with Crippen LogP contribution in [0.25, 0.3) is 0 Å². The highest BCUT2D eigenvalue weighted by molar-refractivity contribution is 5.94. The van der Waals surface area contributed by atoms with E-state index in [1.54, 1.807) is 0 Å². The summed E-state index contributed by atoms with van der Waals surface area (Å²) >= 11 is 0. The third kappa shape index (κ3) is 1.14. The molecular formula is C20H16O2. The minimum atomic E-state index is -0.469. The van der Waals surface area contributed by atoms with Gasteiger partial charge >= 0.3 is 5.97 Å². The Balaban J connectivity index is 1.69. The van der Waals surface area contributed by atoms with E-state index < -0.39 is 5.41 Å². The number of ether oxygens (including phenoxy) is 1. The number of allylic oxidation sites excluding steroid dienone is 2. The lowest BCUT2D eigenvalue weighted by Gasteiger charge is -2.22. The van der Waals surface area contributed by atoms with Crippen molar-refractivity contribution in [2.45, 2.75) is 11.3 Å². The molecule has 4 atom stereocenters. The maximum absolute atomic E-state index is 12.7. The predicted molar refractivity (Wildman–Crippen MR) is 83.3 cm³/mol. The maximum Gasteiger partial charge on any atom is 0.317 e. The molecule has 1 saturated carbocycles.